The molecule has 8 nitrogen and oxygen atoms in total. The maximum atomic E-state index is 13.2. The number of esters is 1. The van der Waals surface area contributed by atoms with Crippen LogP contribution in [0.25, 0.3) is 0 Å². The molecule has 1 aromatic heterocycles. The minimum atomic E-state index is -0.402. The molecular formula is C26H26N2O6S. The van der Waals surface area contributed by atoms with Crippen molar-refractivity contribution in [3.8, 4) is 17.2 Å². The van der Waals surface area contributed by atoms with Gasteiger partial charge in [-0.2, -0.15) is 5.10 Å². The number of ether oxygens (including phenoxy) is 4. The molecule has 2 aromatic carbocycles. The Kier molecular flexibility index (Phi) is 7.67. The van der Waals surface area contributed by atoms with E-state index in [0.29, 0.717) is 35.8 Å². The summed E-state index contributed by atoms with van der Waals surface area (Å²) < 4.78 is 21.5. The third kappa shape index (κ3) is 5.46. The second-order valence-electron chi connectivity index (χ2n) is 7.63. The summed E-state index contributed by atoms with van der Waals surface area (Å²) in [6, 6.07) is 15.7. The molecule has 1 amide bonds. The zero-order chi connectivity index (χ0) is 24.8. The first kappa shape index (κ1) is 24.3. The summed E-state index contributed by atoms with van der Waals surface area (Å²) in [5.74, 6) is 0.975. The van der Waals surface area contributed by atoms with Gasteiger partial charge < -0.3 is 18.9 Å². The molecule has 1 aliphatic heterocycles. The zero-order valence-corrected chi connectivity index (χ0v) is 20.5. The summed E-state index contributed by atoms with van der Waals surface area (Å²) in [6.07, 6.45) is 0.565. The normalized spacial score (nSPS) is 14.9. The first-order valence-electron chi connectivity index (χ1n) is 11.1. The summed E-state index contributed by atoms with van der Waals surface area (Å²) >= 11 is 1.58. The highest BCUT2D eigenvalue weighted by Crippen LogP contribution is 2.38. The fourth-order valence-electron chi connectivity index (χ4n) is 3.76. The van der Waals surface area contributed by atoms with E-state index >= 15 is 0 Å². The second kappa shape index (κ2) is 11.1. The number of hydrazone groups is 1. The molecule has 0 saturated carbocycles. The molecule has 182 valence electrons. The first-order valence-corrected chi connectivity index (χ1v) is 12.0. The Morgan fingerprint density at radius 2 is 1.83 bits per heavy atom. The molecule has 1 atom stereocenters. The molecule has 0 radical (unpaired) electrons. The molecule has 0 N–H and O–H groups in total. The highest BCUT2D eigenvalue weighted by atomic mass is 32.1. The van der Waals surface area contributed by atoms with Gasteiger partial charge in [0.15, 0.2) is 18.1 Å². The van der Waals surface area contributed by atoms with Crippen molar-refractivity contribution < 1.29 is 28.5 Å². The van der Waals surface area contributed by atoms with Crippen LogP contribution in [-0.4, -0.2) is 50.0 Å². The summed E-state index contributed by atoms with van der Waals surface area (Å²) in [5, 5.41) is 8.11. The third-order valence-electron chi connectivity index (χ3n) is 5.49. The van der Waals surface area contributed by atoms with Crippen LogP contribution >= 0.6 is 11.3 Å². The Bertz CT molecular complexity index is 1210. The Labute approximate surface area is 207 Å². The van der Waals surface area contributed by atoms with E-state index in [0.717, 1.165) is 16.2 Å². The Balaban J connectivity index is 1.52. The van der Waals surface area contributed by atoms with E-state index in [4.69, 9.17) is 18.9 Å². The molecule has 1 aliphatic rings. The maximum Gasteiger partial charge on any atom is 0.338 e. The van der Waals surface area contributed by atoms with Crippen molar-refractivity contribution in [2.24, 2.45) is 5.10 Å². The van der Waals surface area contributed by atoms with E-state index in [2.05, 4.69) is 5.10 Å². The number of carbonyl (C=O) groups is 2. The monoisotopic (exact) mass is 494 g/mol. The highest BCUT2D eigenvalue weighted by molar-refractivity contribution is 7.12. The van der Waals surface area contributed by atoms with Gasteiger partial charge in [-0.1, -0.05) is 12.1 Å². The summed E-state index contributed by atoms with van der Waals surface area (Å²) in [4.78, 5) is 26.1. The maximum absolute atomic E-state index is 13.2. The molecule has 35 heavy (non-hydrogen) atoms. The molecule has 4 rings (SSSR count). The van der Waals surface area contributed by atoms with Crippen molar-refractivity contribution in [2.45, 2.75) is 19.4 Å². The molecule has 0 spiro atoms. The topological polar surface area (TPSA) is 86.7 Å². The predicted octanol–water partition coefficient (Wildman–Crippen LogP) is 4.70. The van der Waals surface area contributed by atoms with Crippen LogP contribution < -0.4 is 14.2 Å². The van der Waals surface area contributed by atoms with Gasteiger partial charge >= 0.3 is 5.97 Å². The van der Waals surface area contributed by atoms with E-state index in [1.54, 1.807) is 56.7 Å². The number of benzene rings is 2. The fourth-order valence-corrected chi connectivity index (χ4v) is 4.49. The Morgan fingerprint density at radius 1 is 1.06 bits per heavy atom. The predicted molar refractivity (Wildman–Crippen MR) is 132 cm³/mol. The van der Waals surface area contributed by atoms with E-state index in [9.17, 15) is 9.59 Å². The first-order chi connectivity index (χ1) is 17.0. The van der Waals surface area contributed by atoms with Gasteiger partial charge in [0.2, 0.25) is 0 Å². The molecule has 0 bridgehead atoms. The van der Waals surface area contributed by atoms with Gasteiger partial charge in [0.25, 0.3) is 5.91 Å². The lowest BCUT2D eigenvalue weighted by Crippen LogP contribution is -2.31. The molecule has 2 heterocycles. The van der Waals surface area contributed by atoms with Gasteiger partial charge in [-0.25, -0.2) is 9.80 Å². The highest BCUT2D eigenvalue weighted by Gasteiger charge is 2.34. The lowest BCUT2D eigenvalue weighted by atomic mass is 10.0. The molecule has 9 heteroatoms. The van der Waals surface area contributed by atoms with Gasteiger partial charge in [0, 0.05) is 6.42 Å². The van der Waals surface area contributed by atoms with Crippen LogP contribution in [0, 0.1) is 0 Å². The Hall–Kier alpha value is -3.85. The van der Waals surface area contributed by atoms with Crippen LogP contribution in [0.3, 0.4) is 0 Å². The summed E-state index contributed by atoms with van der Waals surface area (Å²) in [6.45, 7) is 1.85. The molecule has 0 saturated heterocycles. The van der Waals surface area contributed by atoms with E-state index in [-0.39, 0.29) is 18.6 Å². The van der Waals surface area contributed by atoms with Gasteiger partial charge in [-0.05, 0) is 60.3 Å². The van der Waals surface area contributed by atoms with Crippen LogP contribution in [0.1, 0.15) is 40.2 Å². The molecular weight excluding hydrogens is 468 g/mol. The van der Waals surface area contributed by atoms with Crippen molar-refractivity contribution in [3.05, 3.63) is 76.0 Å². The van der Waals surface area contributed by atoms with Crippen LogP contribution in [0.4, 0.5) is 0 Å². The van der Waals surface area contributed by atoms with Gasteiger partial charge in [-0.3, -0.25) is 4.79 Å². The third-order valence-corrected chi connectivity index (χ3v) is 6.41. The molecule has 0 aliphatic carbocycles. The van der Waals surface area contributed by atoms with E-state index in [1.807, 2.05) is 35.7 Å². The Morgan fingerprint density at radius 3 is 2.49 bits per heavy atom. The van der Waals surface area contributed by atoms with E-state index in [1.165, 1.54) is 5.01 Å². The molecule has 0 fully saturated rings. The average molecular weight is 495 g/mol. The molecule has 3 aromatic rings. The van der Waals surface area contributed by atoms with Crippen molar-refractivity contribution in [3.63, 3.8) is 0 Å². The fraction of sp³-hybridized carbons (Fsp3) is 0.269. The van der Waals surface area contributed by atoms with Crippen molar-refractivity contribution in [1.29, 1.82) is 0 Å². The zero-order valence-electron chi connectivity index (χ0n) is 19.7. The van der Waals surface area contributed by atoms with Gasteiger partial charge in [-0.15, -0.1) is 11.3 Å². The quantitative estimate of drug-likeness (QED) is 0.401. The number of hydrogen-bond donors (Lipinski definition) is 0. The number of methoxy groups -OCH3 is 2. The number of nitrogens with zero attached hydrogens (tertiary/aromatic N) is 2. The largest absolute Gasteiger partial charge is 0.493 e. The number of hydrogen-bond acceptors (Lipinski definition) is 8. The summed E-state index contributed by atoms with van der Waals surface area (Å²) in [5.41, 5.74) is 2.14. The molecule has 0 unspecified atom stereocenters. The van der Waals surface area contributed by atoms with Crippen LogP contribution in [-0.2, 0) is 9.53 Å². The van der Waals surface area contributed by atoms with Crippen molar-refractivity contribution >= 4 is 28.9 Å². The average Bonchev–Trinajstić information content (AvgIpc) is 3.58. The van der Waals surface area contributed by atoms with E-state index < -0.39 is 5.97 Å². The summed E-state index contributed by atoms with van der Waals surface area (Å²) in [7, 11) is 3.16. The lowest BCUT2D eigenvalue weighted by molar-refractivity contribution is -0.135. The number of carbonyl (C=O) groups excluding carboxylic acids is 2. The van der Waals surface area contributed by atoms with Crippen LogP contribution in [0.2, 0.25) is 0 Å². The second-order valence-corrected chi connectivity index (χ2v) is 8.58. The van der Waals surface area contributed by atoms with Crippen molar-refractivity contribution in [1.82, 2.24) is 5.01 Å². The number of thiophene rings is 1. The van der Waals surface area contributed by atoms with Crippen molar-refractivity contribution in [2.75, 3.05) is 27.4 Å². The van der Waals surface area contributed by atoms with Crippen LogP contribution in [0.15, 0.2) is 65.1 Å². The number of amides is 1. The minimum absolute atomic E-state index is 0.205. The van der Waals surface area contributed by atoms with Gasteiger partial charge in [0.05, 0.1) is 43.0 Å². The minimum Gasteiger partial charge on any atom is -0.493 e. The smallest absolute Gasteiger partial charge is 0.338 e. The van der Waals surface area contributed by atoms with Gasteiger partial charge in [0.1, 0.15) is 5.75 Å². The number of rotatable bonds is 9. The SMILES string of the molecule is CCOC(=O)c1ccc(OCC(=O)N2N=C(c3cccs3)C[C@H]2c2ccc(OC)c(OC)c2)cc1. The van der Waals surface area contributed by atoms with Crippen LogP contribution in [0.5, 0.6) is 17.2 Å². The standard InChI is InChI=1S/C26H26N2O6S/c1-4-33-26(30)17-7-10-19(11-8-17)34-16-25(29)28-21(15-20(27-28)24-6-5-13-35-24)18-9-12-22(31-2)23(14-18)32-3/h5-14,21H,4,15-16H2,1-3H3/t21-/m0/s1. The lowest BCUT2D eigenvalue weighted by Gasteiger charge is -2.23.